The summed E-state index contributed by atoms with van der Waals surface area (Å²) >= 11 is 5.85. The lowest BCUT2D eigenvalue weighted by atomic mass is 10.2. The highest BCUT2D eigenvalue weighted by Crippen LogP contribution is 2.29. The Morgan fingerprint density at radius 1 is 1.19 bits per heavy atom. The number of para-hydroxylation sites is 1. The molecule has 1 aromatic heterocycles. The first-order valence-corrected chi connectivity index (χ1v) is 8.97. The van der Waals surface area contributed by atoms with Crippen LogP contribution in [0.5, 0.6) is 5.75 Å². The van der Waals surface area contributed by atoms with Gasteiger partial charge in [0.15, 0.2) is 12.4 Å². The number of carbonyl (C=O) groups excluding carboxylic acids is 1. The van der Waals surface area contributed by atoms with Crippen LogP contribution in [0.4, 0.5) is 0 Å². The summed E-state index contributed by atoms with van der Waals surface area (Å²) < 4.78 is 11.0. The number of hydrogen-bond acceptors (Lipinski definition) is 5. The van der Waals surface area contributed by atoms with Crippen LogP contribution in [-0.2, 0) is 11.3 Å². The van der Waals surface area contributed by atoms with E-state index in [1.165, 1.54) is 0 Å². The molecule has 6 nitrogen and oxygen atoms in total. The summed E-state index contributed by atoms with van der Waals surface area (Å²) in [5.74, 6) is 1.44. The molecule has 0 saturated heterocycles. The summed E-state index contributed by atoms with van der Waals surface area (Å²) in [6.45, 7) is 4.27. The molecule has 0 spiro atoms. The van der Waals surface area contributed by atoms with Gasteiger partial charge in [0.25, 0.3) is 11.8 Å². The Labute approximate surface area is 162 Å². The number of nitrogens with one attached hydrogen (secondary N) is 1. The van der Waals surface area contributed by atoms with Crippen molar-refractivity contribution in [2.24, 2.45) is 0 Å². The molecule has 27 heavy (non-hydrogen) atoms. The second-order valence-corrected chi connectivity index (χ2v) is 6.74. The molecule has 3 aromatic rings. The summed E-state index contributed by atoms with van der Waals surface area (Å²) in [4.78, 5) is 16.5. The Bertz CT molecular complexity index is 907. The van der Waals surface area contributed by atoms with E-state index in [2.05, 4.69) is 15.5 Å². The number of halogens is 1. The first kappa shape index (κ1) is 18.9. The maximum absolute atomic E-state index is 12.1. The highest BCUT2D eigenvalue weighted by Gasteiger charge is 2.16. The number of benzene rings is 2. The molecule has 0 aliphatic rings. The van der Waals surface area contributed by atoms with Crippen LogP contribution < -0.4 is 10.1 Å². The Balaban J connectivity index is 1.60. The molecular weight excluding hydrogens is 366 g/mol. The molecule has 0 atom stereocenters. The molecule has 2 aromatic carbocycles. The largest absolute Gasteiger partial charge is 0.483 e. The van der Waals surface area contributed by atoms with E-state index in [1.54, 1.807) is 18.2 Å². The molecule has 1 amide bonds. The Kier molecular flexibility index (Phi) is 6.08. The smallest absolute Gasteiger partial charge is 0.261 e. The number of ether oxygens (including phenoxy) is 1. The van der Waals surface area contributed by atoms with Crippen molar-refractivity contribution in [3.05, 3.63) is 64.9 Å². The molecule has 0 fully saturated rings. The van der Waals surface area contributed by atoms with Crippen LogP contribution in [0.15, 0.2) is 53.1 Å². The van der Waals surface area contributed by atoms with Crippen molar-refractivity contribution >= 4 is 17.5 Å². The van der Waals surface area contributed by atoms with Crippen LogP contribution in [0.1, 0.15) is 31.2 Å². The molecule has 1 heterocycles. The highest BCUT2D eigenvalue weighted by molar-refractivity contribution is 6.30. The number of amides is 1. The van der Waals surface area contributed by atoms with Gasteiger partial charge in [-0.25, -0.2) is 0 Å². The number of carbonyl (C=O) groups is 1. The molecular formula is C20H20ClN3O3. The van der Waals surface area contributed by atoms with Crippen molar-refractivity contribution in [1.82, 2.24) is 15.5 Å². The molecule has 0 aliphatic heterocycles. The van der Waals surface area contributed by atoms with E-state index in [1.807, 2.05) is 44.2 Å². The maximum atomic E-state index is 12.1. The van der Waals surface area contributed by atoms with Gasteiger partial charge in [0.05, 0.1) is 5.56 Å². The van der Waals surface area contributed by atoms with Crippen LogP contribution in [0.25, 0.3) is 11.5 Å². The van der Waals surface area contributed by atoms with Gasteiger partial charge in [0.2, 0.25) is 0 Å². The monoisotopic (exact) mass is 385 g/mol. The summed E-state index contributed by atoms with van der Waals surface area (Å²) in [5, 5.41) is 7.43. The first-order valence-electron chi connectivity index (χ1n) is 8.60. The van der Waals surface area contributed by atoms with Crippen LogP contribution in [-0.4, -0.2) is 22.7 Å². The van der Waals surface area contributed by atoms with E-state index in [0.717, 1.165) is 5.56 Å². The van der Waals surface area contributed by atoms with Crippen LogP contribution in [0, 0.1) is 0 Å². The molecule has 140 valence electrons. The van der Waals surface area contributed by atoms with Crippen LogP contribution in [0.2, 0.25) is 5.02 Å². The second kappa shape index (κ2) is 8.68. The predicted molar refractivity (Wildman–Crippen MR) is 103 cm³/mol. The van der Waals surface area contributed by atoms with E-state index >= 15 is 0 Å². The third kappa shape index (κ3) is 5.08. The predicted octanol–water partition coefficient (Wildman–Crippen LogP) is 4.21. The third-order valence-corrected chi connectivity index (χ3v) is 4.09. The van der Waals surface area contributed by atoms with Gasteiger partial charge in [-0.05, 0) is 29.8 Å². The van der Waals surface area contributed by atoms with Gasteiger partial charge in [0, 0.05) is 17.5 Å². The van der Waals surface area contributed by atoms with E-state index < -0.39 is 0 Å². The fraction of sp³-hybridized carbons (Fsp3) is 0.250. The minimum absolute atomic E-state index is 0.115. The van der Waals surface area contributed by atoms with E-state index in [-0.39, 0.29) is 18.4 Å². The van der Waals surface area contributed by atoms with Gasteiger partial charge >= 0.3 is 0 Å². The molecule has 1 N–H and O–H groups in total. The SMILES string of the molecule is CC(C)c1noc(-c2ccccc2OCC(=O)NCc2ccc(Cl)cc2)n1. The van der Waals surface area contributed by atoms with Gasteiger partial charge in [-0.15, -0.1) is 0 Å². The fourth-order valence-corrected chi connectivity index (χ4v) is 2.47. The normalized spacial score (nSPS) is 10.8. The van der Waals surface area contributed by atoms with Gasteiger partial charge in [-0.2, -0.15) is 4.98 Å². The lowest BCUT2D eigenvalue weighted by Gasteiger charge is -2.10. The summed E-state index contributed by atoms with van der Waals surface area (Å²) in [6, 6.07) is 14.5. The highest BCUT2D eigenvalue weighted by atomic mass is 35.5. The zero-order valence-corrected chi connectivity index (χ0v) is 15.9. The second-order valence-electron chi connectivity index (χ2n) is 6.30. The standard InChI is InChI=1S/C20H20ClN3O3/c1-13(2)19-23-20(27-24-19)16-5-3-4-6-17(16)26-12-18(25)22-11-14-7-9-15(21)10-8-14/h3-10,13H,11-12H2,1-2H3,(H,22,25). The zero-order valence-electron chi connectivity index (χ0n) is 15.1. The van der Waals surface area contributed by atoms with E-state index in [4.69, 9.17) is 20.9 Å². The quantitative estimate of drug-likeness (QED) is 0.659. The van der Waals surface area contributed by atoms with Crippen molar-refractivity contribution < 1.29 is 14.1 Å². The summed E-state index contributed by atoms with van der Waals surface area (Å²) in [6.07, 6.45) is 0. The topological polar surface area (TPSA) is 77.2 Å². The number of hydrogen-bond donors (Lipinski definition) is 1. The fourth-order valence-electron chi connectivity index (χ4n) is 2.35. The number of aromatic nitrogens is 2. The third-order valence-electron chi connectivity index (χ3n) is 3.84. The molecule has 0 bridgehead atoms. The molecule has 0 aliphatic carbocycles. The van der Waals surface area contributed by atoms with Gasteiger partial charge in [-0.3, -0.25) is 4.79 Å². The average Bonchev–Trinajstić information content (AvgIpc) is 3.16. The Hall–Kier alpha value is -2.86. The number of rotatable bonds is 7. The van der Waals surface area contributed by atoms with Crippen molar-refractivity contribution in [2.75, 3.05) is 6.61 Å². The average molecular weight is 386 g/mol. The van der Waals surface area contributed by atoms with Crippen LogP contribution >= 0.6 is 11.6 Å². The lowest BCUT2D eigenvalue weighted by molar-refractivity contribution is -0.123. The summed E-state index contributed by atoms with van der Waals surface area (Å²) in [5.41, 5.74) is 1.61. The van der Waals surface area contributed by atoms with Crippen molar-refractivity contribution in [2.45, 2.75) is 26.3 Å². The first-order chi connectivity index (χ1) is 13.0. The van der Waals surface area contributed by atoms with Crippen molar-refractivity contribution in [3.8, 4) is 17.2 Å². The van der Waals surface area contributed by atoms with Crippen LogP contribution in [0.3, 0.4) is 0 Å². The van der Waals surface area contributed by atoms with Gasteiger partial charge < -0.3 is 14.6 Å². The molecule has 0 unspecified atom stereocenters. The van der Waals surface area contributed by atoms with E-state index in [0.29, 0.717) is 34.6 Å². The minimum atomic E-state index is -0.229. The summed E-state index contributed by atoms with van der Waals surface area (Å²) in [7, 11) is 0. The molecule has 0 saturated carbocycles. The Morgan fingerprint density at radius 2 is 1.93 bits per heavy atom. The van der Waals surface area contributed by atoms with E-state index in [9.17, 15) is 4.79 Å². The molecule has 3 rings (SSSR count). The Morgan fingerprint density at radius 3 is 2.63 bits per heavy atom. The number of nitrogens with zero attached hydrogens (tertiary/aromatic N) is 2. The van der Waals surface area contributed by atoms with Gasteiger partial charge in [-0.1, -0.05) is 54.9 Å². The van der Waals surface area contributed by atoms with Gasteiger partial charge in [0.1, 0.15) is 5.75 Å². The molecule has 7 heteroatoms. The van der Waals surface area contributed by atoms with Crippen molar-refractivity contribution in [3.63, 3.8) is 0 Å². The minimum Gasteiger partial charge on any atom is -0.483 e. The van der Waals surface area contributed by atoms with Crippen molar-refractivity contribution in [1.29, 1.82) is 0 Å². The lowest BCUT2D eigenvalue weighted by Crippen LogP contribution is -2.28. The zero-order chi connectivity index (χ0) is 19.2. The molecule has 0 radical (unpaired) electrons. The maximum Gasteiger partial charge on any atom is 0.261 e.